The third-order valence-corrected chi connectivity index (χ3v) is 7.54. The number of ether oxygens (including phenoxy) is 3. The van der Waals surface area contributed by atoms with Crippen molar-refractivity contribution in [3.63, 3.8) is 0 Å². The SMILES string of the molecule is COc1ccccc1OP(=O)(N[C@@H](C)C(=O)OC(C)C)OC[C@@H]1C=C[C@H](n2cnc3c(OC)nc(N)nc32)C1. The molecule has 1 unspecified atom stereocenters. The first-order chi connectivity index (χ1) is 18.6. The summed E-state index contributed by atoms with van der Waals surface area (Å²) >= 11 is 0. The number of fused-ring (bicyclic) bond motifs is 1. The van der Waals surface area contributed by atoms with Gasteiger partial charge in [0.1, 0.15) is 6.04 Å². The Morgan fingerprint density at radius 3 is 2.59 bits per heavy atom. The zero-order valence-electron chi connectivity index (χ0n) is 22.4. The lowest BCUT2D eigenvalue weighted by Gasteiger charge is -2.25. The first-order valence-electron chi connectivity index (χ1n) is 12.4. The van der Waals surface area contributed by atoms with Crippen LogP contribution in [0.4, 0.5) is 5.95 Å². The van der Waals surface area contributed by atoms with Gasteiger partial charge in [0.15, 0.2) is 22.7 Å². The summed E-state index contributed by atoms with van der Waals surface area (Å²) in [6, 6.07) is 5.67. The zero-order valence-corrected chi connectivity index (χ0v) is 23.3. The minimum absolute atomic E-state index is 0.0471. The van der Waals surface area contributed by atoms with Crippen LogP contribution in [0.2, 0.25) is 0 Å². The van der Waals surface area contributed by atoms with Crippen LogP contribution in [0.25, 0.3) is 11.2 Å². The number of imidazole rings is 1. The van der Waals surface area contributed by atoms with Gasteiger partial charge in [0.2, 0.25) is 11.8 Å². The number of nitrogens with one attached hydrogen (secondary N) is 1. The van der Waals surface area contributed by atoms with Crippen LogP contribution in [0.5, 0.6) is 17.4 Å². The fraction of sp³-hybridized carbons (Fsp3) is 0.440. The van der Waals surface area contributed by atoms with E-state index in [-0.39, 0.29) is 36.4 Å². The first-order valence-corrected chi connectivity index (χ1v) is 13.9. The van der Waals surface area contributed by atoms with Crippen LogP contribution in [0.15, 0.2) is 42.7 Å². The second-order valence-corrected chi connectivity index (χ2v) is 10.9. The Morgan fingerprint density at radius 2 is 1.90 bits per heavy atom. The third kappa shape index (κ3) is 6.67. The minimum atomic E-state index is -4.06. The fourth-order valence-corrected chi connectivity index (χ4v) is 5.66. The normalized spacial score (nSPS) is 19.1. The molecule has 3 N–H and O–H groups in total. The molecule has 1 aliphatic carbocycles. The second-order valence-electron chi connectivity index (χ2n) is 9.23. The Balaban J connectivity index is 1.49. The first kappa shape index (κ1) is 28.3. The van der Waals surface area contributed by atoms with Gasteiger partial charge in [0.25, 0.3) is 0 Å². The van der Waals surface area contributed by atoms with Crippen molar-refractivity contribution in [1.82, 2.24) is 24.6 Å². The fourth-order valence-electron chi connectivity index (χ4n) is 4.11. The smallest absolute Gasteiger partial charge is 0.459 e. The molecule has 1 aromatic carbocycles. The number of nitrogen functional groups attached to an aromatic ring is 1. The number of carbonyl (C=O) groups is 1. The van der Waals surface area contributed by atoms with E-state index in [2.05, 4.69) is 20.0 Å². The van der Waals surface area contributed by atoms with Crippen molar-refractivity contribution >= 4 is 30.8 Å². The van der Waals surface area contributed by atoms with Crippen molar-refractivity contribution in [1.29, 1.82) is 0 Å². The van der Waals surface area contributed by atoms with Crippen LogP contribution < -0.4 is 24.8 Å². The minimum Gasteiger partial charge on any atom is -0.493 e. The summed E-state index contributed by atoms with van der Waals surface area (Å²) in [5, 5.41) is 2.70. The van der Waals surface area contributed by atoms with Crippen molar-refractivity contribution in [2.45, 2.75) is 45.4 Å². The Labute approximate surface area is 226 Å². The highest BCUT2D eigenvalue weighted by molar-refractivity contribution is 7.52. The monoisotopic (exact) mass is 560 g/mol. The third-order valence-electron chi connectivity index (χ3n) is 5.91. The van der Waals surface area contributed by atoms with E-state index in [0.717, 1.165) is 0 Å². The summed E-state index contributed by atoms with van der Waals surface area (Å²) in [7, 11) is -1.10. The molecule has 0 spiro atoms. The molecule has 0 saturated heterocycles. The maximum atomic E-state index is 13.9. The largest absolute Gasteiger partial charge is 0.493 e. The number of methoxy groups -OCH3 is 2. The van der Waals surface area contributed by atoms with Crippen molar-refractivity contribution in [2.75, 3.05) is 26.6 Å². The standard InChI is InChI=1S/C25H33N6O7P/c1-15(2)37-24(32)16(3)30-39(33,38-20-9-7-6-8-19(20)34-4)36-13-17-10-11-18(12-17)31-14-27-21-22(31)28-25(26)29-23(21)35-5/h6-11,14-18H,12-13H2,1-5H3,(H,30,33)(H2,26,28,29)/t16-,17+,18-,39?/m0/s1. The van der Waals surface area contributed by atoms with Crippen LogP contribution in [0.1, 0.15) is 33.2 Å². The molecule has 210 valence electrons. The van der Waals surface area contributed by atoms with Gasteiger partial charge in [-0.2, -0.15) is 15.1 Å². The van der Waals surface area contributed by atoms with Gasteiger partial charge >= 0.3 is 13.7 Å². The summed E-state index contributed by atoms with van der Waals surface area (Å²) in [5.41, 5.74) is 6.89. The van der Waals surface area contributed by atoms with Gasteiger partial charge in [-0.3, -0.25) is 9.32 Å². The molecule has 0 amide bonds. The van der Waals surface area contributed by atoms with E-state index in [4.69, 9.17) is 29.0 Å². The average Bonchev–Trinajstić information content (AvgIpc) is 3.54. The molecule has 0 fully saturated rings. The lowest BCUT2D eigenvalue weighted by Crippen LogP contribution is -2.36. The molecule has 3 aromatic rings. The molecule has 0 aliphatic heterocycles. The van der Waals surface area contributed by atoms with Crippen molar-refractivity contribution in [3.05, 3.63) is 42.7 Å². The second kappa shape index (κ2) is 12.0. The quantitative estimate of drug-likeness (QED) is 0.188. The molecular formula is C25H33N6O7P. The van der Waals surface area contributed by atoms with Crippen molar-refractivity contribution in [2.24, 2.45) is 5.92 Å². The van der Waals surface area contributed by atoms with Gasteiger partial charge in [-0.05, 0) is 39.3 Å². The van der Waals surface area contributed by atoms with Gasteiger partial charge < -0.3 is 29.0 Å². The van der Waals surface area contributed by atoms with Gasteiger partial charge in [-0.1, -0.05) is 24.3 Å². The average molecular weight is 561 g/mol. The predicted molar refractivity (Wildman–Crippen MR) is 144 cm³/mol. The molecule has 0 bridgehead atoms. The van der Waals surface area contributed by atoms with Crippen LogP contribution in [-0.4, -0.2) is 58.5 Å². The number of hydrogen-bond donors (Lipinski definition) is 2. The van der Waals surface area contributed by atoms with E-state index >= 15 is 0 Å². The zero-order chi connectivity index (χ0) is 28.2. The molecule has 2 aromatic heterocycles. The number of nitrogens with two attached hydrogens (primary N) is 1. The Hall–Kier alpha value is -3.67. The van der Waals surface area contributed by atoms with E-state index in [1.807, 2.05) is 16.7 Å². The number of benzene rings is 1. The number of hydrogen-bond acceptors (Lipinski definition) is 11. The van der Waals surface area contributed by atoms with Crippen molar-refractivity contribution < 1.29 is 32.6 Å². The molecule has 1 aliphatic rings. The van der Waals surface area contributed by atoms with Gasteiger partial charge in [0, 0.05) is 5.92 Å². The highest BCUT2D eigenvalue weighted by atomic mass is 31.2. The number of nitrogens with zero attached hydrogens (tertiary/aromatic N) is 4. The van der Waals surface area contributed by atoms with Gasteiger partial charge in [0.05, 0.1) is 39.3 Å². The summed E-state index contributed by atoms with van der Waals surface area (Å²) in [5.74, 6) is 0.239. The molecule has 13 nitrogen and oxygen atoms in total. The summed E-state index contributed by atoms with van der Waals surface area (Å²) in [4.78, 5) is 25.2. The van der Waals surface area contributed by atoms with Gasteiger partial charge in [-0.15, -0.1) is 0 Å². The van der Waals surface area contributed by atoms with Crippen LogP contribution >= 0.6 is 7.75 Å². The Bertz CT molecular complexity index is 1390. The lowest BCUT2D eigenvalue weighted by molar-refractivity contribution is -0.149. The highest BCUT2D eigenvalue weighted by Crippen LogP contribution is 2.48. The Kier molecular flexibility index (Phi) is 8.73. The van der Waals surface area contributed by atoms with E-state index in [0.29, 0.717) is 29.2 Å². The topological polar surface area (TPSA) is 162 Å². The predicted octanol–water partition coefficient (Wildman–Crippen LogP) is 3.68. The number of para-hydroxylation sites is 2. The number of allylic oxidation sites excluding steroid dienone is 1. The van der Waals surface area contributed by atoms with E-state index in [1.54, 1.807) is 44.4 Å². The molecular weight excluding hydrogens is 527 g/mol. The maximum Gasteiger partial charge on any atom is 0.459 e. The summed E-state index contributed by atoms with van der Waals surface area (Å²) in [6.07, 6.45) is 5.87. The number of anilines is 1. The molecule has 39 heavy (non-hydrogen) atoms. The maximum absolute atomic E-state index is 13.9. The highest BCUT2D eigenvalue weighted by Gasteiger charge is 2.35. The Morgan fingerprint density at radius 1 is 1.15 bits per heavy atom. The molecule has 14 heteroatoms. The van der Waals surface area contributed by atoms with E-state index in [1.165, 1.54) is 21.1 Å². The number of rotatable bonds is 12. The molecule has 4 rings (SSSR count). The van der Waals surface area contributed by atoms with E-state index in [9.17, 15) is 9.36 Å². The summed E-state index contributed by atoms with van der Waals surface area (Å²) < 4.78 is 43.3. The number of aromatic nitrogens is 4. The molecule has 2 heterocycles. The number of esters is 1. The van der Waals surface area contributed by atoms with Crippen LogP contribution in [-0.2, 0) is 18.6 Å². The lowest BCUT2D eigenvalue weighted by atomic mass is 10.1. The molecule has 0 radical (unpaired) electrons. The van der Waals surface area contributed by atoms with Crippen LogP contribution in [0.3, 0.4) is 0 Å². The molecule has 0 saturated carbocycles. The summed E-state index contributed by atoms with van der Waals surface area (Å²) in [6.45, 7) is 5.04. The van der Waals surface area contributed by atoms with E-state index < -0.39 is 19.8 Å². The number of carbonyl (C=O) groups excluding carboxylic acids is 1. The van der Waals surface area contributed by atoms with Gasteiger partial charge in [-0.25, -0.2) is 9.55 Å². The van der Waals surface area contributed by atoms with Crippen LogP contribution in [0, 0.1) is 5.92 Å². The van der Waals surface area contributed by atoms with Crippen molar-refractivity contribution in [3.8, 4) is 17.4 Å². The molecule has 4 atom stereocenters.